The van der Waals surface area contributed by atoms with E-state index in [2.05, 4.69) is 4.98 Å². The Hall–Kier alpha value is -4.00. The van der Waals surface area contributed by atoms with Crippen molar-refractivity contribution in [2.75, 3.05) is 0 Å². The molecule has 0 aliphatic carbocycles. The van der Waals surface area contributed by atoms with Gasteiger partial charge in [-0.3, -0.25) is 13.9 Å². The third kappa shape index (κ3) is 2.81. The zero-order chi connectivity index (χ0) is 21.9. The minimum Gasteiger partial charge on any atom is -0.277 e. The monoisotopic (exact) mass is 411 g/mol. The Morgan fingerprint density at radius 2 is 1.65 bits per heavy atom. The van der Waals surface area contributed by atoms with Crippen LogP contribution >= 0.6 is 0 Å². The minimum atomic E-state index is -0.585. The number of hydrogen-bond donors (Lipinski definition) is 0. The lowest BCUT2D eigenvalue weighted by Gasteiger charge is -2.20. The maximum Gasteiger partial charge on any atom is 0.352 e. The molecule has 3 aromatic rings. The van der Waals surface area contributed by atoms with Gasteiger partial charge in [0.1, 0.15) is 5.65 Å². The molecule has 5 rings (SSSR count). The fourth-order valence-electron chi connectivity index (χ4n) is 3.98. The molecule has 0 amide bonds. The van der Waals surface area contributed by atoms with E-state index in [-0.39, 0.29) is 5.56 Å². The second-order valence-corrected chi connectivity index (χ2v) is 7.84. The van der Waals surface area contributed by atoms with Crippen LogP contribution in [0.1, 0.15) is 16.8 Å². The summed E-state index contributed by atoms with van der Waals surface area (Å²) in [5.41, 5.74) is 4.76. The van der Waals surface area contributed by atoms with Crippen molar-refractivity contribution in [2.45, 2.75) is 20.8 Å². The zero-order valence-electron chi connectivity index (χ0n) is 17.7. The maximum atomic E-state index is 13.0. The smallest absolute Gasteiger partial charge is 0.277 e. The first-order valence-corrected chi connectivity index (χ1v) is 10.0. The first-order chi connectivity index (χ1) is 14.9. The number of fused-ring (bicyclic) bond motifs is 2. The summed E-state index contributed by atoms with van der Waals surface area (Å²) < 4.78 is 4.77. The molecule has 0 fully saturated rings. The molecule has 154 valence electrons. The van der Waals surface area contributed by atoms with E-state index in [1.165, 1.54) is 7.05 Å². The van der Waals surface area contributed by atoms with E-state index < -0.39 is 5.69 Å². The van der Waals surface area contributed by atoms with Crippen molar-refractivity contribution in [1.82, 2.24) is 23.9 Å². The van der Waals surface area contributed by atoms with E-state index in [9.17, 15) is 9.59 Å². The van der Waals surface area contributed by atoms with E-state index >= 15 is 0 Å². The van der Waals surface area contributed by atoms with Gasteiger partial charge in [-0.2, -0.15) is 10.1 Å². The first-order valence-electron chi connectivity index (χ1n) is 10.0. The Morgan fingerprint density at radius 1 is 0.903 bits per heavy atom. The van der Waals surface area contributed by atoms with Gasteiger partial charge < -0.3 is 0 Å². The van der Waals surface area contributed by atoms with Gasteiger partial charge in [-0.25, -0.2) is 9.48 Å². The van der Waals surface area contributed by atoms with Crippen LogP contribution in [0.15, 0.2) is 64.2 Å². The van der Waals surface area contributed by atoms with Gasteiger partial charge in [0.05, 0.1) is 22.6 Å². The van der Waals surface area contributed by atoms with Gasteiger partial charge in [0, 0.05) is 12.4 Å². The molecule has 0 unspecified atom stereocenters. The predicted octanol–water partition coefficient (Wildman–Crippen LogP) is 3.30. The van der Waals surface area contributed by atoms with Crippen molar-refractivity contribution in [1.29, 1.82) is 0 Å². The number of nitrogens with zero attached hydrogens (tertiary/aromatic N) is 5. The fourth-order valence-corrected chi connectivity index (χ4v) is 3.98. The van der Waals surface area contributed by atoms with E-state index in [0.717, 1.165) is 43.8 Å². The second kappa shape index (κ2) is 6.77. The molecule has 7 heteroatoms. The van der Waals surface area contributed by atoms with Gasteiger partial charge in [0.2, 0.25) is 0 Å². The van der Waals surface area contributed by atoms with Crippen molar-refractivity contribution in [3.8, 4) is 22.8 Å². The molecule has 3 heterocycles. The number of para-hydroxylation sites is 1. The van der Waals surface area contributed by atoms with Crippen LogP contribution in [0.2, 0.25) is 0 Å². The molecule has 0 radical (unpaired) electrons. The Kier molecular flexibility index (Phi) is 4.15. The number of aromatic nitrogens is 5. The molecule has 0 N–H and O–H groups in total. The van der Waals surface area contributed by atoms with Crippen LogP contribution in [0.25, 0.3) is 33.8 Å². The Balaban J connectivity index is 2.08. The highest BCUT2D eigenvalue weighted by Crippen LogP contribution is 2.32. The van der Waals surface area contributed by atoms with Crippen LogP contribution < -0.4 is 11.2 Å². The van der Waals surface area contributed by atoms with Gasteiger partial charge in [-0.15, -0.1) is 0 Å². The van der Waals surface area contributed by atoms with Crippen molar-refractivity contribution in [2.24, 2.45) is 7.05 Å². The highest BCUT2D eigenvalue weighted by atomic mass is 16.2. The number of hydrogen-bond acceptors (Lipinski definition) is 4. The molecule has 2 aromatic carbocycles. The predicted molar refractivity (Wildman–Crippen MR) is 121 cm³/mol. The van der Waals surface area contributed by atoms with Crippen LogP contribution in [0.4, 0.5) is 0 Å². The summed E-state index contributed by atoms with van der Waals surface area (Å²) in [4.78, 5) is 29.8. The van der Waals surface area contributed by atoms with Gasteiger partial charge in [0.25, 0.3) is 5.56 Å². The average Bonchev–Trinajstić information content (AvgIpc) is 3.10. The highest BCUT2D eigenvalue weighted by molar-refractivity contribution is 5.88. The summed E-state index contributed by atoms with van der Waals surface area (Å²) in [6.45, 7) is 5.93. The van der Waals surface area contributed by atoms with Crippen LogP contribution in [0, 0.1) is 20.8 Å². The number of benzene rings is 2. The summed E-state index contributed by atoms with van der Waals surface area (Å²) in [7, 11) is 1.45. The third-order valence-corrected chi connectivity index (χ3v) is 5.66. The van der Waals surface area contributed by atoms with Crippen molar-refractivity contribution < 1.29 is 0 Å². The van der Waals surface area contributed by atoms with Gasteiger partial charge >= 0.3 is 5.69 Å². The Morgan fingerprint density at radius 3 is 2.39 bits per heavy atom. The van der Waals surface area contributed by atoms with E-state index in [0.29, 0.717) is 11.4 Å². The first kappa shape index (κ1) is 19.0. The molecule has 1 aromatic heterocycles. The summed E-state index contributed by atoms with van der Waals surface area (Å²) in [5, 5.41) is 5.61. The molecule has 0 atom stereocenters. The number of aryl methyl sites for hydroxylation is 3. The lowest BCUT2D eigenvalue weighted by atomic mass is 10.1. The standard InChI is InChI=1S/C24H21N5O2/c1-14-10-11-15(2)20(12-14)28-21-19(23(30)27(4)24(31)25-21)13-18-16(3)26-29(22(18)28)17-8-6-5-7-9-17/h5-13H,1-4H3. The molecule has 0 spiro atoms. The lowest BCUT2D eigenvalue weighted by Crippen LogP contribution is -2.35. The molecule has 31 heavy (non-hydrogen) atoms. The molecule has 2 aliphatic heterocycles. The molecule has 7 nitrogen and oxygen atoms in total. The van der Waals surface area contributed by atoms with Crippen LogP contribution in [0.3, 0.4) is 0 Å². The van der Waals surface area contributed by atoms with E-state index in [1.54, 1.807) is 6.07 Å². The van der Waals surface area contributed by atoms with Crippen LogP contribution in [0.5, 0.6) is 0 Å². The minimum absolute atomic E-state index is 0.325. The van der Waals surface area contributed by atoms with Gasteiger partial charge in [-0.1, -0.05) is 30.3 Å². The molecule has 0 bridgehead atoms. The Labute approximate surface area is 178 Å². The van der Waals surface area contributed by atoms with Crippen LogP contribution in [-0.2, 0) is 7.05 Å². The molecular weight excluding hydrogens is 390 g/mol. The molecular formula is C24H21N5O2. The SMILES string of the molecule is Cc1ccc(C)c(-n2c3nc(=O)n(C)c(=O)c-3cc3c(C)nn(-c4ccccc4)c32)c1. The van der Waals surface area contributed by atoms with E-state index in [1.807, 2.05) is 78.6 Å². The molecule has 2 aliphatic rings. The zero-order valence-corrected chi connectivity index (χ0v) is 17.7. The van der Waals surface area contributed by atoms with Gasteiger partial charge in [-0.05, 0) is 56.2 Å². The Bertz CT molecular complexity index is 1560. The van der Waals surface area contributed by atoms with E-state index in [4.69, 9.17) is 5.10 Å². The topological polar surface area (TPSA) is 74.7 Å². The highest BCUT2D eigenvalue weighted by Gasteiger charge is 2.24. The summed E-state index contributed by atoms with van der Waals surface area (Å²) in [5.74, 6) is 0.325. The maximum absolute atomic E-state index is 13.0. The number of pyridine rings is 1. The second-order valence-electron chi connectivity index (χ2n) is 7.84. The van der Waals surface area contributed by atoms with Crippen molar-refractivity contribution in [3.63, 3.8) is 0 Å². The van der Waals surface area contributed by atoms with Crippen molar-refractivity contribution >= 4 is 11.0 Å². The lowest BCUT2D eigenvalue weighted by molar-refractivity contribution is 0.762. The normalized spacial score (nSPS) is 11.5. The molecule has 0 saturated heterocycles. The molecule has 0 saturated carbocycles. The third-order valence-electron chi connectivity index (χ3n) is 5.66. The average molecular weight is 411 g/mol. The quantitative estimate of drug-likeness (QED) is 0.447. The van der Waals surface area contributed by atoms with Gasteiger partial charge in [0.15, 0.2) is 5.82 Å². The fraction of sp³-hybridized carbons (Fsp3) is 0.167. The van der Waals surface area contributed by atoms with Crippen molar-refractivity contribution in [3.05, 3.63) is 92.3 Å². The summed E-state index contributed by atoms with van der Waals surface area (Å²) in [6, 6.07) is 17.7. The summed E-state index contributed by atoms with van der Waals surface area (Å²) >= 11 is 0. The number of rotatable bonds is 2. The van der Waals surface area contributed by atoms with Crippen LogP contribution in [-0.4, -0.2) is 23.9 Å². The largest absolute Gasteiger partial charge is 0.352 e. The summed E-state index contributed by atoms with van der Waals surface area (Å²) in [6.07, 6.45) is 0.